The molecule has 1 aromatic carbocycles. The molecule has 3 N–H and O–H groups in total. The Labute approximate surface area is 159 Å². The number of carboxylic acids is 1. The largest absolute Gasteiger partial charge is 0.481 e. The molecule has 1 aliphatic heterocycles. The number of aliphatic carboxylic acids is 1. The minimum absolute atomic E-state index is 0.0338. The number of piperidine rings is 1. The standard InChI is InChI=1S/C17H19N3O6S/c18-15(22)10-1-2-13(12(7-10)20(25)26)27-9-14(21)19-5-3-17(4-6-19)8-11(17)16(23)24/h1-2,7,11H,3-6,8-9H2,(H2,18,22)(H,23,24). The third kappa shape index (κ3) is 3.90. The lowest BCUT2D eigenvalue weighted by atomic mass is 9.91. The van der Waals surface area contributed by atoms with Crippen LogP contribution in [0.15, 0.2) is 23.1 Å². The fourth-order valence-corrected chi connectivity index (χ4v) is 4.52. The van der Waals surface area contributed by atoms with Crippen LogP contribution in [-0.2, 0) is 9.59 Å². The van der Waals surface area contributed by atoms with E-state index in [1.54, 1.807) is 4.90 Å². The maximum absolute atomic E-state index is 12.4. The topological polar surface area (TPSA) is 144 Å². The zero-order valence-electron chi connectivity index (χ0n) is 14.4. The van der Waals surface area contributed by atoms with Crippen molar-refractivity contribution in [3.8, 4) is 0 Å². The highest BCUT2D eigenvalue weighted by molar-refractivity contribution is 8.00. The molecule has 144 valence electrons. The minimum Gasteiger partial charge on any atom is -0.481 e. The molecule has 1 aromatic rings. The van der Waals surface area contributed by atoms with Crippen LogP contribution in [-0.4, -0.2) is 51.6 Å². The first-order chi connectivity index (χ1) is 12.7. The van der Waals surface area contributed by atoms with Gasteiger partial charge in [0.25, 0.3) is 5.69 Å². The molecule has 0 bridgehead atoms. The second kappa shape index (κ2) is 7.18. The number of amides is 2. The maximum atomic E-state index is 12.4. The van der Waals surface area contributed by atoms with Gasteiger partial charge in [-0.25, -0.2) is 0 Å². The Hall–Kier alpha value is -2.62. The number of nitro groups is 1. The van der Waals surface area contributed by atoms with Crippen LogP contribution in [0.2, 0.25) is 0 Å². The van der Waals surface area contributed by atoms with E-state index in [-0.39, 0.29) is 34.2 Å². The van der Waals surface area contributed by atoms with Gasteiger partial charge in [-0.15, -0.1) is 11.8 Å². The quantitative estimate of drug-likeness (QED) is 0.423. The van der Waals surface area contributed by atoms with Gasteiger partial charge in [-0.2, -0.15) is 0 Å². The average Bonchev–Trinajstić information content (AvgIpc) is 3.33. The summed E-state index contributed by atoms with van der Waals surface area (Å²) in [5.74, 6) is -1.93. The van der Waals surface area contributed by atoms with Crippen LogP contribution < -0.4 is 5.73 Å². The van der Waals surface area contributed by atoms with E-state index in [2.05, 4.69) is 0 Å². The third-order valence-electron chi connectivity index (χ3n) is 5.39. The molecular weight excluding hydrogens is 374 g/mol. The van der Waals surface area contributed by atoms with Crippen molar-refractivity contribution < 1.29 is 24.4 Å². The van der Waals surface area contributed by atoms with Gasteiger partial charge < -0.3 is 15.7 Å². The van der Waals surface area contributed by atoms with E-state index in [1.165, 1.54) is 12.1 Å². The highest BCUT2D eigenvalue weighted by Gasteiger charge is 2.59. The fraction of sp³-hybridized carbons (Fsp3) is 0.471. The third-order valence-corrected chi connectivity index (χ3v) is 6.44. The number of rotatable bonds is 6. The molecule has 3 rings (SSSR count). The number of benzene rings is 1. The molecule has 2 aliphatic rings. The molecular formula is C17H19N3O6S. The van der Waals surface area contributed by atoms with E-state index in [9.17, 15) is 24.5 Å². The molecule has 0 radical (unpaired) electrons. The van der Waals surface area contributed by atoms with Gasteiger partial charge >= 0.3 is 5.97 Å². The number of primary amides is 1. The van der Waals surface area contributed by atoms with Gasteiger partial charge in [0, 0.05) is 24.7 Å². The van der Waals surface area contributed by atoms with Crippen LogP contribution >= 0.6 is 11.8 Å². The van der Waals surface area contributed by atoms with Gasteiger partial charge in [-0.3, -0.25) is 24.5 Å². The summed E-state index contributed by atoms with van der Waals surface area (Å²) in [6, 6.07) is 3.92. The van der Waals surface area contributed by atoms with Gasteiger partial charge in [0.15, 0.2) is 0 Å². The summed E-state index contributed by atoms with van der Waals surface area (Å²) in [6.07, 6.45) is 2.03. The van der Waals surface area contributed by atoms with Crippen LogP contribution in [0.4, 0.5) is 5.69 Å². The normalized spacial score (nSPS) is 20.3. The SMILES string of the molecule is NC(=O)c1ccc(SCC(=O)N2CCC3(CC2)CC3C(=O)O)c([N+](=O)[O-])c1. The molecule has 9 nitrogen and oxygen atoms in total. The fourth-order valence-electron chi connectivity index (χ4n) is 3.62. The van der Waals surface area contributed by atoms with Crippen molar-refractivity contribution in [1.29, 1.82) is 0 Å². The summed E-state index contributed by atoms with van der Waals surface area (Å²) in [6.45, 7) is 1.01. The highest BCUT2D eigenvalue weighted by atomic mass is 32.2. The number of hydrogen-bond acceptors (Lipinski definition) is 6. The van der Waals surface area contributed by atoms with Crippen LogP contribution in [0.5, 0.6) is 0 Å². The lowest BCUT2D eigenvalue weighted by molar-refractivity contribution is -0.387. The van der Waals surface area contributed by atoms with Crippen molar-refractivity contribution in [3.63, 3.8) is 0 Å². The molecule has 1 spiro atoms. The van der Waals surface area contributed by atoms with Crippen molar-refractivity contribution in [2.75, 3.05) is 18.8 Å². The number of likely N-dealkylation sites (tertiary alicyclic amines) is 1. The number of thioether (sulfide) groups is 1. The van der Waals surface area contributed by atoms with E-state index in [4.69, 9.17) is 10.8 Å². The van der Waals surface area contributed by atoms with Crippen molar-refractivity contribution in [2.24, 2.45) is 17.1 Å². The Morgan fingerprint density at radius 1 is 1.33 bits per heavy atom. The highest BCUT2D eigenvalue weighted by Crippen LogP contribution is 2.59. The average molecular weight is 393 g/mol. The molecule has 1 aliphatic carbocycles. The zero-order chi connectivity index (χ0) is 19.8. The van der Waals surface area contributed by atoms with Crippen molar-refractivity contribution >= 4 is 35.2 Å². The summed E-state index contributed by atoms with van der Waals surface area (Å²) in [5.41, 5.74) is 4.77. The van der Waals surface area contributed by atoms with Crippen molar-refractivity contribution in [2.45, 2.75) is 24.2 Å². The molecule has 27 heavy (non-hydrogen) atoms. The van der Waals surface area contributed by atoms with Crippen LogP contribution in [0.25, 0.3) is 0 Å². The number of carbonyl (C=O) groups is 3. The second-order valence-corrected chi connectivity index (χ2v) is 7.95. The second-order valence-electron chi connectivity index (χ2n) is 6.93. The van der Waals surface area contributed by atoms with E-state index < -0.39 is 16.8 Å². The molecule has 2 amide bonds. The first-order valence-electron chi connectivity index (χ1n) is 8.45. The van der Waals surface area contributed by atoms with Crippen LogP contribution in [0, 0.1) is 21.4 Å². The number of nitro benzene ring substituents is 1. The predicted octanol–water partition coefficient (Wildman–Crippen LogP) is 1.50. The first kappa shape index (κ1) is 19.2. The zero-order valence-corrected chi connectivity index (χ0v) is 15.2. The van der Waals surface area contributed by atoms with Gasteiger partial charge in [0.1, 0.15) is 0 Å². The number of carbonyl (C=O) groups excluding carboxylic acids is 2. The molecule has 1 saturated heterocycles. The van der Waals surface area contributed by atoms with Gasteiger partial charge in [0.2, 0.25) is 11.8 Å². The monoisotopic (exact) mass is 393 g/mol. The molecule has 1 unspecified atom stereocenters. The summed E-state index contributed by atoms with van der Waals surface area (Å²) in [4.78, 5) is 47.3. The summed E-state index contributed by atoms with van der Waals surface area (Å²) in [7, 11) is 0. The predicted molar refractivity (Wildman–Crippen MR) is 96.3 cm³/mol. The molecule has 2 fully saturated rings. The van der Waals surface area contributed by atoms with Gasteiger partial charge in [0.05, 0.1) is 21.5 Å². The number of nitrogens with zero attached hydrogens (tertiary/aromatic N) is 2. The van der Waals surface area contributed by atoms with Gasteiger partial charge in [-0.1, -0.05) is 0 Å². The molecule has 1 heterocycles. The van der Waals surface area contributed by atoms with E-state index in [1.807, 2.05) is 0 Å². The van der Waals surface area contributed by atoms with E-state index in [0.29, 0.717) is 37.2 Å². The van der Waals surface area contributed by atoms with Crippen molar-refractivity contribution in [1.82, 2.24) is 4.90 Å². The maximum Gasteiger partial charge on any atom is 0.307 e. The van der Waals surface area contributed by atoms with Crippen LogP contribution in [0.3, 0.4) is 0 Å². The number of hydrogen-bond donors (Lipinski definition) is 2. The molecule has 1 saturated carbocycles. The van der Waals surface area contributed by atoms with E-state index in [0.717, 1.165) is 17.8 Å². The first-order valence-corrected chi connectivity index (χ1v) is 9.44. The van der Waals surface area contributed by atoms with Crippen LogP contribution in [0.1, 0.15) is 29.6 Å². The number of nitrogens with two attached hydrogens (primary N) is 1. The summed E-state index contributed by atoms with van der Waals surface area (Å²) >= 11 is 1.04. The lowest BCUT2D eigenvalue weighted by Crippen LogP contribution is -2.40. The molecule has 0 aromatic heterocycles. The number of carboxylic acid groups (broad SMARTS) is 1. The van der Waals surface area contributed by atoms with E-state index >= 15 is 0 Å². The smallest absolute Gasteiger partial charge is 0.307 e. The van der Waals surface area contributed by atoms with Gasteiger partial charge in [-0.05, 0) is 36.8 Å². The summed E-state index contributed by atoms with van der Waals surface area (Å²) < 4.78 is 0. The Morgan fingerprint density at radius 2 is 2.00 bits per heavy atom. The Balaban J connectivity index is 1.58. The minimum atomic E-state index is -0.767. The Morgan fingerprint density at radius 3 is 2.52 bits per heavy atom. The Bertz CT molecular complexity index is 819. The lowest BCUT2D eigenvalue weighted by Gasteiger charge is -2.32. The molecule has 1 atom stereocenters. The summed E-state index contributed by atoms with van der Waals surface area (Å²) in [5, 5.41) is 20.3. The molecule has 10 heteroatoms. The van der Waals surface area contributed by atoms with Crippen molar-refractivity contribution in [3.05, 3.63) is 33.9 Å². The Kier molecular flexibility index (Phi) is 5.09.